The van der Waals surface area contributed by atoms with Crippen molar-refractivity contribution in [2.75, 3.05) is 4.90 Å². The predicted molar refractivity (Wildman–Crippen MR) is 72.0 cm³/mol. The summed E-state index contributed by atoms with van der Waals surface area (Å²) < 4.78 is 5.35. The minimum Gasteiger partial charge on any atom is -0.409 e. The fourth-order valence-corrected chi connectivity index (χ4v) is 4.57. The maximum atomic E-state index is 12.8. The van der Waals surface area contributed by atoms with Crippen LogP contribution in [0.25, 0.3) is 0 Å². The minimum atomic E-state index is -1.84. The number of fused-ring (bicyclic) bond motifs is 9. The lowest BCUT2D eigenvalue weighted by Gasteiger charge is -2.41. The first-order valence-electron chi connectivity index (χ1n) is 7.18. The summed E-state index contributed by atoms with van der Waals surface area (Å²) >= 11 is 0. The van der Waals surface area contributed by atoms with E-state index in [2.05, 4.69) is 6.08 Å². The molecule has 4 aliphatic rings. The van der Waals surface area contributed by atoms with Gasteiger partial charge in [0.2, 0.25) is 5.91 Å². The zero-order chi connectivity index (χ0) is 14.4. The largest absolute Gasteiger partial charge is 0.409 e. The Labute approximate surface area is 120 Å². The van der Waals surface area contributed by atoms with Gasteiger partial charge >= 0.3 is 11.9 Å². The Morgan fingerprint density at radius 1 is 1.19 bits per heavy atom. The van der Waals surface area contributed by atoms with Gasteiger partial charge in [0.15, 0.2) is 0 Å². The molecule has 1 saturated heterocycles. The molecule has 2 heterocycles. The molecule has 2 fully saturated rings. The summed E-state index contributed by atoms with van der Waals surface area (Å²) in [6.45, 7) is 0. The van der Waals surface area contributed by atoms with Crippen molar-refractivity contribution >= 4 is 17.6 Å². The minimum absolute atomic E-state index is 0.0945. The highest BCUT2D eigenvalue weighted by Gasteiger charge is 2.70. The van der Waals surface area contributed by atoms with Gasteiger partial charge in [0.1, 0.15) is 0 Å². The molecule has 1 aromatic carbocycles. The fraction of sp³-hybridized carbons (Fsp3) is 0.375. The first-order chi connectivity index (χ1) is 10.1. The lowest BCUT2D eigenvalue weighted by molar-refractivity contribution is -0.196. The number of hydrogen-bond donors (Lipinski definition) is 1. The summed E-state index contributed by atoms with van der Waals surface area (Å²) in [6, 6.07) is 6.78. The van der Waals surface area contributed by atoms with Gasteiger partial charge in [-0.25, -0.2) is 9.69 Å². The van der Waals surface area contributed by atoms with Gasteiger partial charge in [0, 0.05) is 0 Å². The maximum absolute atomic E-state index is 12.8. The quantitative estimate of drug-likeness (QED) is 0.575. The number of anilines is 1. The summed E-state index contributed by atoms with van der Waals surface area (Å²) in [5.41, 5.74) is 0.783. The number of benzene rings is 1. The highest BCUT2D eigenvalue weighted by molar-refractivity contribution is 6.08. The lowest BCUT2D eigenvalue weighted by Crippen LogP contribution is -2.57. The van der Waals surface area contributed by atoms with Crippen LogP contribution in [0.3, 0.4) is 0 Å². The molecule has 1 aromatic rings. The Kier molecular flexibility index (Phi) is 1.84. The monoisotopic (exact) mass is 283 g/mol. The number of aliphatic hydroxyl groups is 1. The number of para-hydroxylation sites is 1. The SMILES string of the molecule is O=C1O[C@]2(O)[C@@H]3[C@H](C(=O)N2c2ccccc21)[C@H]1C=C[C@@H]3C1. The number of rotatable bonds is 0. The molecular formula is C16H13NO4. The highest BCUT2D eigenvalue weighted by atomic mass is 16.7. The molecule has 2 bridgehead atoms. The molecule has 106 valence electrons. The van der Waals surface area contributed by atoms with Crippen molar-refractivity contribution < 1.29 is 19.4 Å². The van der Waals surface area contributed by atoms with Crippen LogP contribution >= 0.6 is 0 Å². The average Bonchev–Trinajstić information content (AvgIpc) is 3.12. The predicted octanol–water partition coefficient (Wildman–Crippen LogP) is 1.29. The Morgan fingerprint density at radius 2 is 1.95 bits per heavy atom. The topological polar surface area (TPSA) is 66.8 Å². The third kappa shape index (κ3) is 1.14. The molecule has 0 unspecified atom stereocenters. The van der Waals surface area contributed by atoms with Crippen molar-refractivity contribution in [3.63, 3.8) is 0 Å². The average molecular weight is 283 g/mol. The Morgan fingerprint density at radius 3 is 2.81 bits per heavy atom. The van der Waals surface area contributed by atoms with E-state index in [4.69, 9.17) is 4.74 Å². The summed E-state index contributed by atoms with van der Waals surface area (Å²) in [4.78, 5) is 26.3. The molecule has 5 nitrogen and oxygen atoms in total. The third-order valence-corrected chi connectivity index (χ3v) is 5.33. The van der Waals surface area contributed by atoms with Gasteiger partial charge in [0.05, 0.1) is 23.1 Å². The van der Waals surface area contributed by atoms with Crippen LogP contribution in [0.1, 0.15) is 16.8 Å². The fourth-order valence-electron chi connectivity index (χ4n) is 4.57. The summed E-state index contributed by atoms with van der Waals surface area (Å²) in [5, 5.41) is 11.0. The Balaban J connectivity index is 1.74. The van der Waals surface area contributed by atoms with Crippen molar-refractivity contribution in [3.05, 3.63) is 42.0 Å². The second-order valence-electron chi connectivity index (χ2n) is 6.24. The smallest absolute Gasteiger partial charge is 0.344 e. The van der Waals surface area contributed by atoms with Crippen molar-refractivity contribution in [1.82, 2.24) is 0 Å². The molecule has 0 radical (unpaired) electrons. The van der Waals surface area contributed by atoms with Crippen molar-refractivity contribution in [2.24, 2.45) is 23.7 Å². The van der Waals surface area contributed by atoms with E-state index < -0.39 is 11.9 Å². The Bertz CT molecular complexity index is 727. The molecule has 1 N–H and O–H groups in total. The zero-order valence-electron chi connectivity index (χ0n) is 11.1. The molecule has 0 spiro atoms. The first-order valence-corrected chi connectivity index (χ1v) is 7.18. The second kappa shape index (κ2) is 3.36. The van der Waals surface area contributed by atoms with Crippen LogP contribution < -0.4 is 4.90 Å². The first kappa shape index (κ1) is 11.5. The van der Waals surface area contributed by atoms with Gasteiger partial charge in [-0.2, -0.15) is 0 Å². The summed E-state index contributed by atoms with van der Waals surface area (Å²) in [6.07, 6.45) is 4.95. The molecular weight excluding hydrogens is 270 g/mol. The molecule has 1 saturated carbocycles. The number of carbonyl (C=O) groups is 2. The number of hydrogen-bond acceptors (Lipinski definition) is 4. The normalized spacial score (nSPS) is 41.9. The lowest BCUT2D eigenvalue weighted by atomic mass is 9.83. The van der Waals surface area contributed by atoms with E-state index in [1.807, 2.05) is 6.08 Å². The van der Waals surface area contributed by atoms with Gasteiger partial charge in [-0.05, 0) is 30.4 Å². The van der Waals surface area contributed by atoms with Crippen LogP contribution in [0.5, 0.6) is 0 Å². The Hall–Kier alpha value is -2.14. The van der Waals surface area contributed by atoms with Crippen LogP contribution in [-0.2, 0) is 9.53 Å². The summed E-state index contributed by atoms with van der Waals surface area (Å²) in [7, 11) is 0. The standard InChI is InChI=1S/C16H13NO4/c18-14-12-8-5-6-9(7-8)13(12)16(20)17(14)11-4-2-1-3-10(11)15(19)21-16/h1-6,8-9,12-13,20H,7H2/t8-,9+,12+,13-,16+/m0/s1. The van der Waals surface area contributed by atoms with E-state index in [1.165, 1.54) is 4.90 Å². The molecule has 5 atom stereocenters. The van der Waals surface area contributed by atoms with E-state index in [0.717, 1.165) is 6.42 Å². The molecule has 2 aliphatic heterocycles. The van der Waals surface area contributed by atoms with Crippen LogP contribution in [0.4, 0.5) is 5.69 Å². The van der Waals surface area contributed by atoms with Crippen LogP contribution in [0.15, 0.2) is 36.4 Å². The molecule has 5 rings (SSSR count). The maximum Gasteiger partial charge on any atom is 0.344 e. The van der Waals surface area contributed by atoms with Crippen LogP contribution in [0, 0.1) is 23.7 Å². The number of carbonyl (C=O) groups excluding carboxylic acids is 2. The van der Waals surface area contributed by atoms with Gasteiger partial charge in [-0.1, -0.05) is 24.3 Å². The summed E-state index contributed by atoms with van der Waals surface area (Å²) in [5.74, 6) is -2.95. The van der Waals surface area contributed by atoms with E-state index in [-0.39, 0.29) is 29.6 Å². The number of allylic oxidation sites excluding steroid dienone is 2. The molecule has 0 aromatic heterocycles. The van der Waals surface area contributed by atoms with Gasteiger partial charge in [-0.3, -0.25) is 4.79 Å². The molecule has 5 heteroatoms. The van der Waals surface area contributed by atoms with Crippen molar-refractivity contribution in [3.8, 4) is 0 Å². The van der Waals surface area contributed by atoms with E-state index in [0.29, 0.717) is 11.3 Å². The molecule has 21 heavy (non-hydrogen) atoms. The number of amides is 1. The van der Waals surface area contributed by atoms with Gasteiger partial charge in [0.25, 0.3) is 0 Å². The van der Waals surface area contributed by atoms with E-state index in [9.17, 15) is 14.7 Å². The number of esters is 1. The highest BCUT2D eigenvalue weighted by Crippen LogP contribution is 2.60. The molecule has 1 amide bonds. The van der Waals surface area contributed by atoms with E-state index >= 15 is 0 Å². The van der Waals surface area contributed by atoms with Gasteiger partial charge < -0.3 is 9.84 Å². The van der Waals surface area contributed by atoms with Crippen LogP contribution in [0.2, 0.25) is 0 Å². The number of nitrogens with zero attached hydrogens (tertiary/aromatic N) is 1. The van der Waals surface area contributed by atoms with E-state index in [1.54, 1.807) is 24.3 Å². The van der Waals surface area contributed by atoms with Crippen LogP contribution in [-0.4, -0.2) is 22.9 Å². The van der Waals surface area contributed by atoms with Gasteiger partial charge in [-0.15, -0.1) is 0 Å². The van der Waals surface area contributed by atoms with Crippen molar-refractivity contribution in [2.45, 2.75) is 12.3 Å². The third-order valence-electron chi connectivity index (χ3n) is 5.33. The number of ether oxygens (including phenoxy) is 1. The zero-order valence-corrected chi connectivity index (χ0v) is 11.1. The van der Waals surface area contributed by atoms with Crippen molar-refractivity contribution in [1.29, 1.82) is 0 Å². The molecule has 2 aliphatic carbocycles. The second-order valence-corrected chi connectivity index (χ2v) is 6.24.